The number of anilines is 1. The van der Waals surface area contributed by atoms with E-state index < -0.39 is 10.0 Å². The second kappa shape index (κ2) is 7.48. The number of amides is 1. The highest BCUT2D eigenvalue weighted by Gasteiger charge is 2.14. The van der Waals surface area contributed by atoms with Gasteiger partial charge in [-0.1, -0.05) is 12.1 Å². The molecule has 3 rings (SSSR count). The molecule has 0 saturated carbocycles. The number of nitrogens with two attached hydrogens (primary N) is 1. The molecule has 26 heavy (non-hydrogen) atoms. The monoisotopic (exact) mass is 390 g/mol. The van der Waals surface area contributed by atoms with Crippen LogP contribution in [0.2, 0.25) is 0 Å². The quantitative estimate of drug-likeness (QED) is 0.598. The summed E-state index contributed by atoms with van der Waals surface area (Å²) >= 11 is 1.46. The summed E-state index contributed by atoms with van der Waals surface area (Å²) in [5.41, 5.74) is 2.38. The third-order valence-corrected chi connectivity index (χ3v) is 5.81. The molecule has 3 aromatic rings. The third kappa shape index (κ3) is 4.43. The molecule has 0 unspecified atom stereocenters. The van der Waals surface area contributed by atoms with Crippen LogP contribution in [0.3, 0.4) is 0 Å². The van der Waals surface area contributed by atoms with Gasteiger partial charge in [0.15, 0.2) is 0 Å². The standard InChI is InChI=1S/C17H18N4O3S2/c1-11(17-20-14-4-2-3-5-15(14)21-17)25-10-16(22)19-12-6-8-13(9-7-12)26(18,23)24/h2-9,11H,10H2,1H3,(H,19,22)(H,20,21)(H2,18,23,24)/t11-/m0/s1. The fraction of sp³-hybridized carbons (Fsp3) is 0.176. The van der Waals surface area contributed by atoms with Crippen LogP contribution in [0.5, 0.6) is 0 Å². The minimum absolute atomic E-state index is 0.00313. The number of carbonyl (C=O) groups is 1. The lowest BCUT2D eigenvalue weighted by Gasteiger charge is -2.09. The average molecular weight is 390 g/mol. The highest BCUT2D eigenvalue weighted by Crippen LogP contribution is 2.27. The molecule has 0 aliphatic rings. The summed E-state index contributed by atoms with van der Waals surface area (Å²) in [6.07, 6.45) is 0. The third-order valence-electron chi connectivity index (χ3n) is 3.72. The van der Waals surface area contributed by atoms with Gasteiger partial charge in [0, 0.05) is 5.69 Å². The lowest BCUT2D eigenvalue weighted by Crippen LogP contribution is -2.15. The van der Waals surface area contributed by atoms with Gasteiger partial charge in [-0.15, -0.1) is 11.8 Å². The van der Waals surface area contributed by atoms with Crippen molar-refractivity contribution < 1.29 is 13.2 Å². The lowest BCUT2D eigenvalue weighted by atomic mass is 10.3. The van der Waals surface area contributed by atoms with Crippen molar-refractivity contribution in [2.24, 2.45) is 5.14 Å². The van der Waals surface area contributed by atoms with E-state index in [0.29, 0.717) is 5.69 Å². The van der Waals surface area contributed by atoms with Crippen LogP contribution in [0.4, 0.5) is 5.69 Å². The molecule has 1 heterocycles. The molecule has 0 bridgehead atoms. The topological polar surface area (TPSA) is 118 Å². The Balaban J connectivity index is 1.56. The second-order valence-corrected chi connectivity index (χ2v) is 8.60. The maximum Gasteiger partial charge on any atom is 0.238 e. The van der Waals surface area contributed by atoms with Crippen molar-refractivity contribution in [3.63, 3.8) is 0 Å². The summed E-state index contributed by atoms with van der Waals surface area (Å²) in [4.78, 5) is 19.9. The number of nitrogens with one attached hydrogen (secondary N) is 2. The van der Waals surface area contributed by atoms with Crippen LogP contribution in [0.25, 0.3) is 11.0 Å². The van der Waals surface area contributed by atoms with Gasteiger partial charge in [0.1, 0.15) is 5.82 Å². The predicted molar refractivity (Wildman–Crippen MR) is 103 cm³/mol. The first-order chi connectivity index (χ1) is 12.3. The number of H-pyrrole nitrogens is 1. The van der Waals surface area contributed by atoms with Crippen LogP contribution in [-0.2, 0) is 14.8 Å². The Hall–Kier alpha value is -2.36. The zero-order valence-corrected chi connectivity index (χ0v) is 15.6. The van der Waals surface area contributed by atoms with Crippen molar-refractivity contribution >= 4 is 44.4 Å². The van der Waals surface area contributed by atoms with Crippen LogP contribution < -0.4 is 10.5 Å². The predicted octanol–water partition coefficient (Wildman–Crippen LogP) is 2.64. The normalized spacial score (nSPS) is 12.8. The summed E-state index contributed by atoms with van der Waals surface area (Å²) in [6.45, 7) is 1.98. The first kappa shape index (κ1) is 18.4. The SMILES string of the molecule is C[C@H](SCC(=O)Nc1ccc(S(N)(=O)=O)cc1)c1nc2ccccc2[nH]1. The van der Waals surface area contributed by atoms with E-state index in [-0.39, 0.29) is 21.8 Å². The van der Waals surface area contributed by atoms with Crippen LogP contribution in [0.1, 0.15) is 18.0 Å². The molecule has 9 heteroatoms. The van der Waals surface area contributed by atoms with Crippen molar-refractivity contribution in [3.05, 3.63) is 54.4 Å². The summed E-state index contributed by atoms with van der Waals surface area (Å²) < 4.78 is 22.4. The van der Waals surface area contributed by atoms with Crippen LogP contribution in [0.15, 0.2) is 53.4 Å². The molecule has 0 spiro atoms. The molecule has 1 atom stereocenters. The van der Waals surface area contributed by atoms with Crippen molar-refractivity contribution in [2.45, 2.75) is 17.1 Å². The van der Waals surface area contributed by atoms with E-state index in [1.807, 2.05) is 31.2 Å². The molecular formula is C17H18N4O3S2. The van der Waals surface area contributed by atoms with Gasteiger partial charge in [-0.05, 0) is 43.3 Å². The highest BCUT2D eigenvalue weighted by molar-refractivity contribution is 8.00. The summed E-state index contributed by atoms with van der Waals surface area (Å²) in [5, 5.41) is 7.80. The molecule has 0 radical (unpaired) electrons. The van der Waals surface area contributed by atoms with Crippen molar-refractivity contribution in [2.75, 3.05) is 11.1 Å². The van der Waals surface area contributed by atoms with Gasteiger partial charge in [-0.3, -0.25) is 4.79 Å². The average Bonchev–Trinajstić information content (AvgIpc) is 3.03. The zero-order chi connectivity index (χ0) is 18.7. The van der Waals surface area contributed by atoms with E-state index in [1.165, 1.54) is 36.0 Å². The Morgan fingerprint density at radius 1 is 1.23 bits per heavy atom. The maximum atomic E-state index is 12.1. The van der Waals surface area contributed by atoms with E-state index >= 15 is 0 Å². The van der Waals surface area contributed by atoms with Gasteiger partial charge >= 0.3 is 0 Å². The smallest absolute Gasteiger partial charge is 0.238 e. The van der Waals surface area contributed by atoms with E-state index in [1.54, 1.807) is 0 Å². The van der Waals surface area contributed by atoms with Crippen LogP contribution in [0, 0.1) is 0 Å². The fourth-order valence-corrected chi connectivity index (χ4v) is 3.63. The Kier molecular flexibility index (Phi) is 5.30. The van der Waals surface area contributed by atoms with E-state index in [0.717, 1.165) is 16.9 Å². The first-order valence-corrected chi connectivity index (χ1v) is 10.4. The van der Waals surface area contributed by atoms with Gasteiger partial charge in [0.05, 0.1) is 26.9 Å². The number of primary sulfonamides is 1. The number of hydrogen-bond acceptors (Lipinski definition) is 5. The van der Waals surface area contributed by atoms with Gasteiger partial charge < -0.3 is 10.3 Å². The Labute approximate surface area is 155 Å². The molecule has 136 valence electrons. The molecule has 0 saturated heterocycles. The lowest BCUT2D eigenvalue weighted by molar-refractivity contribution is -0.113. The summed E-state index contributed by atoms with van der Waals surface area (Å²) in [6, 6.07) is 13.5. The van der Waals surface area contributed by atoms with E-state index in [2.05, 4.69) is 15.3 Å². The number of rotatable bonds is 6. The Morgan fingerprint density at radius 3 is 2.58 bits per heavy atom. The molecule has 0 fully saturated rings. The molecule has 0 aliphatic carbocycles. The molecular weight excluding hydrogens is 372 g/mol. The number of imidazole rings is 1. The Morgan fingerprint density at radius 2 is 1.92 bits per heavy atom. The van der Waals surface area contributed by atoms with Crippen LogP contribution in [-0.4, -0.2) is 30.0 Å². The van der Waals surface area contributed by atoms with Gasteiger partial charge in [0.25, 0.3) is 0 Å². The fourth-order valence-electron chi connectivity index (χ4n) is 2.37. The van der Waals surface area contributed by atoms with Crippen molar-refractivity contribution in [1.82, 2.24) is 9.97 Å². The van der Waals surface area contributed by atoms with Crippen LogP contribution >= 0.6 is 11.8 Å². The minimum atomic E-state index is -3.74. The molecule has 1 aromatic heterocycles. The first-order valence-electron chi connectivity index (χ1n) is 7.82. The summed E-state index contributed by atoms with van der Waals surface area (Å²) in [7, 11) is -3.74. The minimum Gasteiger partial charge on any atom is -0.341 e. The molecule has 2 aromatic carbocycles. The van der Waals surface area contributed by atoms with Gasteiger partial charge in [-0.25, -0.2) is 18.5 Å². The van der Waals surface area contributed by atoms with Crippen molar-refractivity contribution in [3.8, 4) is 0 Å². The largest absolute Gasteiger partial charge is 0.341 e. The number of fused-ring (bicyclic) bond motifs is 1. The number of benzene rings is 2. The van der Waals surface area contributed by atoms with E-state index in [9.17, 15) is 13.2 Å². The number of aromatic nitrogens is 2. The number of thioether (sulfide) groups is 1. The number of carbonyl (C=O) groups excluding carboxylic acids is 1. The Bertz CT molecular complexity index is 997. The number of para-hydroxylation sites is 2. The zero-order valence-electron chi connectivity index (χ0n) is 14.0. The number of aromatic amines is 1. The highest BCUT2D eigenvalue weighted by atomic mass is 32.2. The number of sulfonamides is 1. The molecule has 0 aliphatic heterocycles. The maximum absolute atomic E-state index is 12.1. The number of nitrogens with zero attached hydrogens (tertiary/aromatic N) is 1. The van der Waals surface area contributed by atoms with Gasteiger partial charge in [-0.2, -0.15) is 0 Å². The molecule has 4 N–H and O–H groups in total. The molecule has 7 nitrogen and oxygen atoms in total. The molecule has 1 amide bonds. The number of hydrogen-bond donors (Lipinski definition) is 3. The van der Waals surface area contributed by atoms with E-state index in [4.69, 9.17) is 5.14 Å². The van der Waals surface area contributed by atoms with Gasteiger partial charge in [0.2, 0.25) is 15.9 Å². The second-order valence-electron chi connectivity index (χ2n) is 5.71. The summed E-state index contributed by atoms with van der Waals surface area (Å²) in [5.74, 6) is 0.887. The van der Waals surface area contributed by atoms with Crippen molar-refractivity contribution in [1.29, 1.82) is 0 Å².